The van der Waals surface area contributed by atoms with Gasteiger partial charge in [-0.1, -0.05) is 22.0 Å². The highest BCUT2D eigenvalue weighted by molar-refractivity contribution is 9.10. The third kappa shape index (κ3) is 2.78. The van der Waals surface area contributed by atoms with E-state index in [0.717, 1.165) is 0 Å². The van der Waals surface area contributed by atoms with Crippen molar-refractivity contribution in [3.63, 3.8) is 0 Å². The summed E-state index contributed by atoms with van der Waals surface area (Å²) in [4.78, 5) is 10.4. The van der Waals surface area contributed by atoms with Crippen LogP contribution in [-0.4, -0.2) is 10.0 Å². The second-order valence-corrected chi connectivity index (χ2v) is 4.38. The van der Waals surface area contributed by atoms with Crippen LogP contribution in [0.4, 0.5) is 5.69 Å². The molecule has 2 rings (SSSR count). The lowest BCUT2D eigenvalue weighted by Crippen LogP contribution is -1.93. The molecule has 2 aromatic carbocycles. The van der Waals surface area contributed by atoms with Crippen LogP contribution >= 0.6 is 15.9 Å². The summed E-state index contributed by atoms with van der Waals surface area (Å²) in [7, 11) is 0. The number of nitro benzene ring substituents is 1. The van der Waals surface area contributed by atoms with Crippen molar-refractivity contribution in [2.45, 2.75) is 0 Å². The minimum absolute atomic E-state index is 0.0345. The fourth-order valence-corrected chi connectivity index (χ4v) is 1.74. The number of nitrogens with zero attached hydrogens (tertiary/aromatic N) is 1. The molecule has 1 N–H and O–H groups in total. The summed E-state index contributed by atoms with van der Waals surface area (Å²) in [5.74, 6) is 0.487. The second-order valence-electron chi connectivity index (χ2n) is 3.47. The molecule has 0 amide bonds. The monoisotopic (exact) mass is 309 g/mol. The Morgan fingerprint density at radius 1 is 1.22 bits per heavy atom. The van der Waals surface area contributed by atoms with Crippen LogP contribution in [0.25, 0.3) is 0 Å². The number of hydrogen-bond acceptors (Lipinski definition) is 4. The van der Waals surface area contributed by atoms with Crippen LogP contribution in [0.1, 0.15) is 0 Å². The highest BCUT2D eigenvalue weighted by Gasteiger charge is 2.16. The molecule has 2 aromatic rings. The van der Waals surface area contributed by atoms with E-state index in [2.05, 4.69) is 15.9 Å². The van der Waals surface area contributed by atoms with Gasteiger partial charge in [0.15, 0.2) is 0 Å². The van der Waals surface area contributed by atoms with Crippen LogP contribution in [0.3, 0.4) is 0 Å². The van der Waals surface area contributed by atoms with Crippen molar-refractivity contribution < 1.29 is 14.8 Å². The number of phenols is 1. The topological polar surface area (TPSA) is 72.6 Å². The lowest BCUT2D eigenvalue weighted by Gasteiger charge is -2.06. The molecule has 0 radical (unpaired) electrons. The van der Waals surface area contributed by atoms with E-state index in [9.17, 15) is 15.2 Å². The number of aromatic hydroxyl groups is 1. The van der Waals surface area contributed by atoms with E-state index in [0.29, 0.717) is 10.2 Å². The van der Waals surface area contributed by atoms with Crippen LogP contribution in [0.2, 0.25) is 0 Å². The molecule has 0 spiro atoms. The minimum atomic E-state index is -0.525. The maximum absolute atomic E-state index is 10.9. The molecule has 6 heteroatoms. The lowest BCUT2D eigenvalue weighted by atomic mass is 10.3. The van der Waals surface area contributed by atoms with Gasteiger partial charge in [0.1, 0.15) is 11.5 Å². The van der Waals surface area contributed by atoms with Gasteiger partial charge in [0.05, 0.1) is 4.92 Å². The largest absolute Gasteiger partial charge is 0.508 e. The Labute approximate surface area is 111 Å². The number of rotatable bonds is 3. The number of nitro groups is 1. The van der Waals surface area contributed by atoms with E-state index in [-0.39, 0.29) is 17.2 Å². The average Bonchev–Trinajstić information content (AvgIpc) is 2.31. The first kappa shape index (κ1) is 12.4. The van der Waals surface area contributed by atoms with Gasteiger partial charge in [0.2, 0.25) is 5.75 Å². The van der Waals surface area contributed by atoms with E-state index < -0.39 is 4.92 Å². The Morgan fingerprint density at radius 2 is 2.00 bits per heavy atom. The van der Waals surface area contributed by atoms with Gasteiger partial charge in [0, 0.05) is 16.6 Å². The molecule has 0 heterocycles. The number of halogens is 1. The molecule has 92 valence electrons. The fraction of sp³-hybridized carbons (Fsp3) is 0. The maximum atomic E-state index is 10.9. The highest BCUT2D eigenvalue weighted by Crippen LogP contribution is 2.34. The van der Waals surface area contributed by atoms with Crippen LogP contribution in [0.15, 0.2) is 46.9 Å². The van der Waals surface area contributed by atoms with E-state index in [4.69, 9.17) is 4.74 Å². The molecule has 0 saturated carbocycles. The normalized spacial score (nSPS) is 10.1. The smallest absolute Gasteiger partial charge is 0.312 e. The first-order chi connectivity index (χ1) is 8.56. The van der Waals surface area contributed by atoms with Crippen molar-refractivity contribution >= 4 is 21.6 Å². The van der Waals surface area contributed by atoms with E-state index in [1.807, 2.05) is 0 Å². The first-order valence-corrected chi connectivity index (χ1v) is 5.76. The summed E-state index contributed by atoms with van der Waals surface area (Å²) >= 11 is 3.16. The predicted octanol–water partition coefficient (Wildman–Crippen LogP) is 3.86. The predicted molar refractivity (Wildman–Crippen MR) is 69.0 cm³/mol. The van der Waals surface area contributed by atoms with Gasteiger partial charge in [0.25, 0.3) is 0 Å². The Balaban J connectivity index is 2.37. The van der Waals surface area contributed by atoms with Crippen LogP contribution in [0, 0.1) is 10.1 Å². The zero-order valence-corrected chi connectivity index (χ0v) is 10.6. The summed E-state index contributed by atoms with van der Waals surface area (Å²) in [5, 5.41) is 20.2. The average molecular weight is 310 g/mol. The Bertz CT molecular complexity index is 600. The molecule has 0 saturated heterocycles. The van der Waals surface area contributed by atoms with Crippen molar-refractivity contribution in [2.24, 2.45) is 0 Å². The summed E-state index contributed by atoms with van der Waals surface area (Å²) in [6, 6.07) is 10.6. The van der Waals surface area contributed by atoms with Crippen LogP contribution < -0.4 is 4.74 Å². The molecular formula is C12H8BrNO4. The molecule has 0 bridgehead atoms. The van der Waals surface area contributed by atoms with Crippen LogP contribution in [-0.2, 0) is 0 Å². The SMILES string of the molecule is O=[N+]([O-])c1cc(Br)ccc1Oc1cccc(O)c1. The van der Waals surface area contributed by atoms with Gasteiger partial charge >= 0.3 is 5.69 Å². The summed E-state index contributed by atoms with van der Waals surface area (Å²) < 4.78 is 5.98. The molecular weight excluding hydrogens is 302 g/mol. The standard InChI is InChI=1S/C12H8BrNO4/c13-8-4-5-12(11(6-8)14(16)17)18-10-3-1-2-9(15)7-10/h1-7,15H. The number of ether oxygens (including phenoxy) is 1. The second kappa shape index (κ2) is 5.05. The third-order valence-corrected chi connectivity index (χ3v) is 2.66. The molecule has 0 unspecified atom stereocenters. The van der Waals surface area contributed by atoms with Gasteiger partial charge in [-0.05, 0) is 24.3 Å². The van der Waals surface area contributed by atoms with E-state index in [1.54, 1.807) is 18.2 Å². The van der Waals surface area contributed by atoms with E-state index in [1.165, 1.54) is 24.3 Å². The molecule has 0 aliphatic heterocycles. The Hall–Kier alpha value is -2.08. The van der Waals surface area contributed by atoms with Gasteiger partial charge < -0.3 is 9.84 Å². The van der Waals surface area contributed by atoms with Crippen molar-refractivity contribution in [3.8, 4) is 17.2 Å². The minimum Gasteiger partial charge on any atom is -0.508 e. The van der Waals surface area contributed by atoms with Crippen molar-refractivity contribution in [3.05, 3.63) is 57.1 Å². The first-order valence-electron chi connectivity index (χ1n) is 4.97. The van der Waals surface area contributed by atoms with Crippen molar-refractivity contribution in [1.82, 2.24) is 0 Å². The zero-order chi connectivity index (χ0) is 13.1. The van der Waals surface area contributed by atoms with Gasteiger partial charge in [-0.25, -0.2) is 0 Å². The number of benzene rings is 2. The molecule has 0 aliphatic rings. The molecule has 0 aromatic heterocycles. The summed E-state index contributed by atoms with van der Waals surface area (Å²) in [6.07, 6.45) is 0. The quantitative estimate of drug-likeness (QED) is 0.690. The van der Waals surface area contributed by atoms with Gasteiger partial charge in [-0.15, -0.1) is 0 Å². The molecule has 0 aliphatic carbocycles. The maximum Gasteiger partial charge on any atom is 0.312 e. The zero-order valence-electron chi connectivity index (χ0n) is 9.04. The summed E-state index contributed by atoms with van der Waals surface area (Å²) in [6.45, 7) is 0. The van der Waals surface area contributed by atoms with Crippen molar-refractivity contribution in [2.75, 3.05) is 0 Å². The number of hydrogen-bond donors (Lipinski definition) is 1. The Kier molecular flexibility index (Phi) is 3.47. The third-order valence-electron chi connectivity index (χ3n) is 2.16. The molecule has 5 nitrogen and oxygen atoms in total. The van der Waals surface area contributed by atoms with Gasteiger partial charge in [-0.2, -0.15) is 0 Å². The number of phenolic OH excluding ortho intramolecular Hbond substituents is 1. The molecule has 0 atom stereocenters. The van der Waals surface area contributed by atoms with E-state index >= 15 is 0 Å². The highest BCUT2D eigenvalue weighted by atomic mass is 79.9. The van der Waals surface area contributed by atoms with Gasteiger partial charge in [-0.3, -0.25) is 10.1 Å². The molecule has 0 fully saturated rings. The fourth-order valence-electron chi connectivity index (χ4n) is 1.39. The lowest BCUT2D eigenvalue weighted by molar-refractivity contribution is -0.385. The molecule has 18 heavy (non-hydrogen) atoms. The van der Waals surface area contributed by atoms with Crippen molar-refractivity contribution in [1.29, 1.82) is 0 Å². The Morgan fingerprint density at radius 3 is 2.67 bits per heavy atom. The van der Waals surface area contributed by atoms with Crippen LogP contribution in [0.5, 0.6) is 17.2 Å². The summed E-state index contributed by atoms with van der Waals surface area (Å²) in [5.41, 5.74) is -0.146.